The van der Waals surface area contributed by atoms with Crippen molar-refractivity contribution >= 4 is 24.2 Å². The molecule has 0 aliphatic carbocycles. The topological polar surface area (TPSA) is 61.4 Å². The largest absolute Gasteiger partial charge is 0.356 e. The van der Waals surface area contributed by atoms with E-state index < -0.39 is 0 Å². The van der Waals surface area contributed by atoms with Crippen LogP contribution >= 0.6 is 12.4 Å². The zero-order chi connectivity index (χ0) is 15.1. The Bertz CT molecular complexity index is 359. The van der Waals surface area contributed by atoms with Crippen LogP contribution in [0.4, 0.5) is 0 Å². The van der Waals surface area contributed by atoms with Crippen LogP contribution < -0.4 is 10.6 Å². The van der Waals surface area contributed by atoms with Crippen molar-refractivity contribution in [1.82, 2.24) is 15.5 Å². The number of likely N-dealkylation sites (tertiary alicyclic amines) is 1. The molecule has 6 heteroatoms. The van der Waals surface area contributed by atoms with Crippen molar-refractivity contribution < 1.29 is 9.59 Å². The molecule has 5 nitrogen and oxygen atoms in total. The third-order valence-corrected chi connectivity index (χ3v) is 4.50. The van der Waals surface area contributed by atoms with Gasteiger partial charge in [-0.25, -0.2) is 0 Å². The van der Waals surface area contributed by atoms with Gasteiger partial charge in [-0.05, 0) is 44.6 Å². The van der Waals surface area contributed by atoms with Crippen molar-refractivity contribution in [3.63, 3.8) is 0 Å². The summed E-state index contributed by atoms with van der Waals surface area (Å²) in [6, 6.07) is 0.0205. The minimum absolute atomic E-state index is 0. The summed E-state index contributed by atoms with van der Waals surface area (Å²) >= 11 is 0. The Balaban J connectivity index is 0.00000242. The van der Waals surface area contributed by atoms with Crippen LogP contribution in [0.25, 0.3) is 0 Å². The summed E-state index contributed by atoms with van der Waals surface area (Å²) in [6.07, 6.45) is 6.92. The Morgan fingerprint density at radius 3 is 2.73 bits per heavy atom. The zero-order valence-corrected chi connectivity index (χ0v) is 14.4. The van der Waals surface area contributed by atoms with E-state index in [1.165, 1.54) is 6.42 Å². The molecular weight excluding hydrogens is 302 g/mol. The average Bonchev–Trinajstić information content (AvgIpc) is 2.54. The molecule has 0 saturated carbocycles. The highest BCUT2D eigenvalue weighted by atomic mass is 35.5. The SMILES string of the molecule is CCCC(=O)NCC1CCCN(C(=O)C2CCCCN2)C1.Cl. The maximum Gasteiger partial charge on any atom is 0.239 e. The van der Waals surface area contributed by atoms with Crippen molar-refractivity contribution in [3.8, 4) is 0 Å². The standard InChI is InChI=1S/C16H29N3O2.ClH/c1-2-6-15(20)18-11-13-7-5-10-19(12-13)16(21)14-8-3-4-9-17-14;/h13-14,17H,2-12H2,1H3,(H,18,20);1H. The summed E-state index contributed by atoms with van der Waals surface area (Å²) < 4.78 is 0. The molecule has 2 amide bonds. The van der Waals surface area contributed by atoms with Crippen LogP contribution in [0, 0.1) is 5.92 Å². The van der Waals surface area contributed by atoms with Gasteiger partial charge in [0.2, 0.25) is 11.8 Å². The minimum atomic E-state index is 0. The van der Waals surface area contributed by atoms with Crippen LogP contribution in [0.1, 0.15) is 51.9 Å². The number of amides is 2. The molecule has 2 fully saturated rings. The van der Waals surface area contributed by atoms with Gasteiger partial charge >= 0.3 is 0 Å². The number of carbonyl (C=O) groups is 2. The van der Waals surface area contributed by atoms with Crippen molar-refractivity contribution in [2.24, 2.45) is 5.92 Å². The number of carbonyl (C=O) groups excluding carboxylic acids is 2. The summed E-state index contributed by atoms with van der Waals surface area (Å²) in [6.45, 7) is 5.35. The van der Waals surface area contributed by atoms with Crippen LogP contribution in [-0.2, 0) is 9.59 Å². The van der Waals surface area contributed by atoms with Crippen LogP contribution in [0.3, 0.4) is 0 Å². The van der Waals surface area contributed by atoms with E-state index >= 15 is 0 Å². The molecule has 2 heterocycles. The fraction of sp³-hybridized carbons (Fsp3) is 0.875. The van der Waals surface area contributed by atoms with Crippen molar-refractivity contribution in [1.29, 1.82) is 0 Å². The molecule has 2 unspecified atom stereocenters. The van der Waals surface area contributed by atoms with Gasteiger partial charge in [-0.2, -0.15) is 0 Å². The maximum absolute atomic E-state index is 12.5. The molecule has 0 spiro atoms. The Morgan fingerprint density at radius 2 is 2.05 bits per heavy atom. The van der Waals surface area contributed by atoms with E-state index in [1.807, 2.05) is 11.8 Å². The smallest absolute Gasteiger partial charge is 0.239 e. The first-order valence-corrected chi connectivity index (χ1v) is 8.49. The number of hydrogen-bond acceptors (Lipinski definition) is 3. The van der Waals surface area contributed by atoms with E-state index in [-0.39, 0.29) is 30.3 Å². The first kappa shape index (κ1) is 19.2. The van der Waals surface area contributed by atoms with Gasteiger partial charge in [-0.1, -0.05) is 13.3 Å². The summed E-state index contributed by atoms with van der Waals surface area (Å²) in [4.78, 5) is 26.1. The van der Waals surface area contributed by atoms with E-state index in [4.69, 9.17) is 0 Å². The lowest BCUT2D eigenvalue weighted by atomic mass is 9.96. The molecule has 2 N–H and O–H groups in total. The highest BCUT2D eigenvalue weighted by Gasteiger charge is 2.29. The fourth-order valence-corrected chi connectivity index (χ4v) is 3.29. The van der Waals surface area contributed by atoms with Gasteiger partial charge in [0.1, 0.15) is 0 Å². The lowest BCUT2D eigenvalue weighted by molar-refractivity contribution is -0.135. The van der Waals surface area contributed by atoms with E-state index in [0.29, 0.717) is 18.9 Å². The molecule has 2 atom stereocenters. The number of hydrogen-bond donors (Lipinski definition) is 2. The van der Waals surface area contributed by atoms with Crippen molar-refractivity contribution in [2.45, 2.75) is 57.9 Å². The predicted octanol–water partition coefficient (Wildman–Crippen LogP) is 1.71. The average molecular weight is 332 g/mol. The molecule has 22 heavy (non-hydrogen) atoms. The monoisotopic (exact) mass is 331 g/mol. The Labute approximate surface area is 140 Å². The number of nitrogens with one attached hydrogen (secondary N) is 2. The summed E-state index contributed by atoms with van der Waals surface area (Å²) in [5, 5.41) is 6.34. The second-order valence-electron chi connectivity index (χ2n) is 6.35. The predicted molar refractivity (Wildman–Crippen MR) is 90.1 cm³/mol. The number of rotatable bonds is 5. The molecule has 2 aliphatic rings. The summed E-state index contributed by atoms with van der Waals surface area (Å²) in [7, 11) is 0. The number of piperidine rings is 2. The molecule has 0 bridgehead atoms. The van der Waals surface area contributed by atoms with Gasteiger partial charge < -0.3 is 15.5 Å². The third kappa shape index (κ3) is 5.76. The van der Waals surface area contributed by atoms with Gasteiger partial charge in [0, 0.05) is 26.1 Å². The first-order chi connectivity index (χ1) is 10.2. The summed E-state index contributed by atoms with van der Waals surface area (Å²) in [5.41, 5.74) is 0. The maximum atomic E-state index is 12.5. The molecule has 2 aliphatic heterocycles. The van der Waals surface area contributed by atoms with Crippen LogP contribution in [0.15, 0.2) is 0 Å². The van der Waals surface area contributed by atoms with E-state index in [9.17, 15) is 9.59 Å². The molecule has 2 saturated heterocycles. The molecule has 2 rings (SSSR count). The van der Waals surface area contributed by atoms with Crippen LogP contribution in [-0.4, -0.2) is 48.9 Å². The van der Waals surface area contributed by atoms with Crippen molar-refractivity contribution in [3.05, 3.63) is 0 Å². The van der Waals surface area contributed by atoms with Crippen LogP contribution in [0.2, 0.25) is 0 Å². The lowest BCUT2D eigenvalue weighted by Crippen LogP contribution is -2.52. The van der Waals surface area contributed by atoms with E-state index in [2.05, 4.69) is 10.6 Å². The fourth-order valence-electron chi connectivity index (χ4n) is 3.29. The molecule has 0 aromatic rings. The van der Waals surface area contributed by atoms with E-state index in [0.717, 1.165) is 51.7 Å². The molecular formula is C16H30ClN3O2. The highest BCUT2D eigenvalue weighted by Crippen LogP contribution is 2.18. The van der Waals surface area contributed by atoms with Crippen molar-refractivity contribution in [2.75, 3.05) is 26.2 Å². The molecule has 0 aromatic heterocycles. The molecule has 128 valence electrons. The Morgan fingerprint density at radius 1 is 1.23 bits per heavy atom. The van der Waals surface area contributed by atoms with Gasteiger partial charge in [-0.15, -0.1) is 12.4 Å². The quantitative estimate of drug-likeness (QED) is 0.806. The van der Waals surface area contributed by atoms with E-state index in [1.54, 1.807) is 0 Å². The first-order valence-electron chi connectivity index (χ1n) is 8.49. The molecule has 0 aromatic carbocycles. The zero-order valence-electron chi connectivity index (χ0n) is 13.6. The normalized spacial score (nSPS) is 25.2. The minimum Gasteiger partial charge on any atom is -0.356 e. The third-order valence-electron chi connectivity index (χ3n) is 4.50. The second-order valence-corrected chi connectivity index (χ2v) is 6.35. The summed E-state index contributed by atoms with van der Waals surface area (Å²) in [5.74, 6) is 0.807. The van der Waals surface area contributed by atoms with Gasteiger partial charge in [0.15, 0.2) is 0 Å². The highest BCUT2D eigenvalue weighted by molar-refractivity contribution is 5.85. The van der Waals surface area contributed by atoms with Gasteiger partial charge in [-0.3, -0.25) is 9.59 Å². The van der Waals surface area contributed by atoms with Gasteiger partial charge in [0.05, 0.1) is 6.04 Å². The van der Waals surface area contributed by atoms with Crippen LogP contribution in [0.5, 0.6) is 0 Å². The number of nitrogens with zero attached hydrogens (tertiary/aromatic N) is 1. The Kier molecular flexibility index (Phi) is 8.79. The second kappa shape index (κ2) is 10.1. The Hall–Kier alpha value is -0.810. The van der Waals surface area contributed by atoms with Gasteiger partial charge in [0.25, 0.3) is 0 Å². The molecule has 0 radical (unpaired) electrons. The number of halogens is 1. The lowest BCUT2D eigenvalue weighted by Gasteiger charge is -2.36.